The molecule has 0 saturated carbocycles. The molecule has 1 N–H and O–H groups in total. The Morgan fingerprint density at radius 3 is 2.26 bits per heavy atom. The standard InChI is InChI=1S/C26H28N2O3/c1-17-6-10-20(11-7-17)22-5-4-14-27(16-22)25(29)21-12-13-23(26(30)31)24(15-21)28-18(2)8-9-19(28)3/h6-13,15,22H,4-5,14,16H2,1-3H3,(H,30,31). The van der Waals surface area contributed by atoms with Crippen molar-refractivity contribution in [3.63, 3.8) is 0 Å². The molecular weight excluding hydrogens is 388 g/mol. The molecule has 0 spiro atoms. The fourth-order valence-electron chi connectivity index (χ4n) is 4.53. The van der Waals surface area contributed by atoms with Gasteiger partial charge in [0.25, 0.3) is 5.91 Å². The zero-order valence-electron chi connectivity index (χ0n) is 18.3. The highest BCUT2D eigenvalue weighted by molar-refractivity contribution is 5.98. The fraction of sp³-hybridized carbons (Fsp3) is 0.308. The molecule has 2 heterocycles. The SMILES string of the molecule is Cc1ccc(C2CCCN(C(=O)c3ccc(C(=O)O)c(-n4c(C)ccc4C)c3)C2)cc1. The van der Waals surface area contributed by atoms with Crippen LogP contribution in [0.3, 0.4) is 0 Å². The number of hydrogen-bond donors (Lipinski definition) is 1. The zero-order chi connectivity index (χ0) is 22.1. The van der Waals surface area contributed by atoms with Gasteiger partial charge in [-0.25, -0.2) is 4.79 Å². The monoisotopic (exact) mass is 416 g/mol. The van der Waals surface area contributed by atoms with Crippen molar-refractivity contribution in [2.75, 3.05) is 13.1 Å². The largest absolute Gasteiger partial charge is 0.478 e. The van der Waals surface area contributed by atoms with Gasteiger partial charge in [0.2, 0.25) is 0 Å². The summed E-state index contributed by atoms with van der Waals surface area (Å²) in [4.78, 5) is 27.1. The van der Waals surface area contributed by atoms with Crippen LogP contribution >= 0.6 is 0 Å². The number of rotatable bonds is 4. The number of aromatic nitrogens is 1. The van der Waals surface area contributed by atoms with E-state index in [4.69, 9.17) is 0 Å². The summed E-state index contributed by atoms with van der Waals surface area (Å²) in [5, 5.41) is 9.70. The molecule has 1 fully saturated rings. The van der Waals surface area contributed by atoms with Crippen LogP contribution in [0.25, 0.3) is 5.69 Å². The second-order valence-corrected chi connectivity index (χ2v) is 8.49. The molecule has 5 heteroatoms. The maximum absolute atomic E-state index is 13.4. The minimum atomic E-state index is -1.00. The number of hydrogen-bond acceptors (Lipinski definition) is 2. The van der Waals surface area contributed by atoms with Crippen molar-refractivity contribution < 1.29 is 14.7 Å². The lowest BCUT2D eigenvalue weighted by Crippen LogP contribution is -2.39. The van der Waals surface area contributed by atoms with Crippen molar-refractivity contribution >= 4 is 11.9 Å². The van der Waals surface area contributed by atoms with Gasteiger partial charge in [-0.1, -0.05) is 29.8 Å². The number of benzene rings is 2. The van der Waals surface area contributed by atoms with Crippen LogP contribution in [0.1, 0.15) is 62.0 Å². The maximum atomic E-state index is 13.4. The molecule has 4 rings (SSSR count). The minimum Gasteiger partial charge on any atom is -0.478 e. The third-order valence-corrected chi connectivity index (χ3v) is 6.24. The Bertz CT molecular complexity index is 1110. The first kappa shape index (κ1) is 20.9. The van der Waals surface area contributed by atoms with Crippen molar-refractivity contribution in [1.29, 1.82) is 0 Å². The lowest BCUT2D eigenvalue weighted by molar-refractivity contribution is 0.0687. The van der Waals surface area contributed by atoms with Gasteiger partial charge in [0.1, 0.15) is 0 Å². The van der Waals surface area contributed by atoms with Crippen molar-refractivity contribution in [1.82, 2.24) is 9.47 Å². The van der Waals surface area contributed by atoms with Gasteiger partial charge in [0, 0.05) is 36.0 Å². The van der Waals surface area contributed by atoms with Crippen LogP contribution in [0.15, 0.2) is 54.6 Å². The van der Waals surface area contributed by atoms with Gasteiger partial charge >= 0.3 is 5.97 Å². The Hall–Kier alpha value is -3.34. The van der Waals surface area contributed by atoms with E-state index in [0.717, 1.165) is 30.8 Å². The molecular formula is C26H28N2O3. The highest BCUT2D eigenvalue weighted by atomic mass is 16.4. The van der Waals surface area contributed by atoms with Gasteiger partial charge in [0.05, 0.1) is 11.3 Å². The molecule has 1 aliphatic rings. The topological polar surface area (TPSA) is 62.5 Å². The van der Waals surface area contributed by atoms with E-state index in [1.165, 1.54) is 11.1 Å². The van der Waals surface area contributed by atoms with E-state index >= 15 is 0 Å². The second kappa shape index (κ2) is 8.42. The van der Waals surface area contributed by atoms with E-state index in [9.17, 15) is 14.7 Å². The Morgan fingerprint density at radius 2 is 1.61 bits per heavy atom. The normalized spacial score (nSPS) is 16.4. The highest BCUT2D eigenvalue weighted by Crippen LogP contribution is 2.29. The number of aryl methyl sites for hydroxylation is 3. The smallest absolute Gasteiger partial charge is 0.337 e. The van der Waals surface area contributed by atoms with Crippen LogP contribution in [0.4, 0.5) is 0 Å². The Kier molecular flexibility index (Phi) is 5.68. The van der Waals surface area contributed by atoms with E-state index in [-0.39, 0.29) is 11.5 Å². The first-order valence-corrected chi connectivity index (χ1v) is 10.7. The molecule has 1 atom stereocenters. The average molecular weight is 417 g/mol. The number of carbonyl (C=O) groups excluding carboxylic acids is 1. The predicted octanol–water partition coefficient (Wildman–Crippen LogP) is 5.12. The Balaban J connectivity index is 1.64. The molecule has 0 bridgehead atoms. The number of piperidine rings is 1. The maximum Gasteiger partial charge on any atom is 0.337 e. The van der Waals surface area contributed by atoms with Crippen LogP contribution in [0.2, 0.25) is 0 Å². The average Bonchev–Trinajstić information content (AvgIpc) is 3.11. The van der Waals surface area contributed by atoms with Gasteiger partial charge in [-0.2, -0.15) is 0 Å². The van der Waals surface area contributed by atoms with Gasteiger partial charge in [-0.15, -0.1) is 0 Å². The Morgan fingerprint density at radius 1 is 0.935 bits per heavy atom. The van der Waals surface area contributed by atoms with Gasteiger partial charge in [-0.05, 0) is 69.5 Å². The lowest BCUT2D eigenvalue weighted by atomic mass is 9.90. The number of nitrogens with zero attached hydrogens (tertiary/aromatic N) is 2. The van der Waals surface area contributed by atoms with Crippen molar-refractivity contribution in [3.8, 4) is 5.69 Å². The number of carboxylic acid groups (broad SMARTS) is 1. The Labute approximate surface area is 182 Å². The first-order chi connectivity index (χ1) is 14.8. The quantitative estimate of drug-likeness (QED) is 0.642. The zero-order valence-corrected chi connectivity index (χ0v) is 18.3. The summed E-state index contributed by atoms with van der Waals surface area (Å²) in [6.45, 7) is 7.35. The lowest BCUT2D eigenvalue weighted by Gasteiger charge is -2.33. The molecule has 31 heavy (non-hydrogen) atoms. The van der Waals surface area contributed by atoms with Crippen LogP contribution in [0, 0.1) is 20.8 Å². The van der Waals surface area contributed by atoms with Crippen LogP contribution in [0.5, 0.6) is 0 Å². The molecule has 1 aromatic heterocycles. The summed E-state index contributed by atoms with van der Waals surface area (Å²) in [7, 11) is 0. The number of aromatic carboxylic acids is 1. The second-order valence-electron chi connectivity index (χ2n) is 8.49. The first-order valence-electron chi connectivity index (χ1n) is 10.7. The summed E-state index contributed by atoms with van der Waals surface area (Å²) in [5.74, 6) is -0.721. The minimum absolute atomic E-state index is 0.0440. The van der Waals surface area contributed by atoms with Gasteiger partial charge in [-0.3, -0.25) is 4.79 Å². The van der Waals surface area contributed by atoms with Gasteiger partial charge in [0.15, 0.2) is 0 Å². The summed E-state index contributed by atoms with van der Waals surface area (Å²) in [6, 6.07) is 17.4. The summed E-state index contributed by atoms with van der Waals surface area (Å²) in [5.41, 5.74) is 5.61. The summed E-state index contributed by atoms with van der Waals surface area (Å²) >= 11 is 0. The molecule has 160 valence electrons. The highest BCUT2D eigenvalue weighted by Gasteiger charge is 2.26. The third-order valence-electron chi connectivity index (χ3n) is 6.24. The van der Waals surface area contributed by atoms with E-state index in [1.54, 1.807) is 18.2 Å². The molecule has 2 aromatic carbocycles. The van der Waals surface area contributed by atoms with Crippen LogP contribution < -0.4 is 0 Å². The number of likely N-dealkylation sites (tertiary alicyclic amines) is 1. The molecule has 1 saturated heterocycles. The summed E-state index contributed by atoms with van der Waals surface area (Å²) < 4.78 is 1.89. The van der Waals surface area contributed by atoms with E-state index in [1.807, 2.05) is 35.4 Å². The number of carbonyl (C=O) groups is 2. The van der Waals surface area contributed by atoms with E-state index in [0.29, 0.717) is 23.7 Å². The molecule has 1 unspecified atom stereocenters. The van der Waals surface area contributed by atoms with Crippen molar-refractivity contribution in [3.05, 3.63) is 88.2 Å². The van der Waals surface area contributed by atoms with E-state index < -0.39 is 5.97 Å². The van der Waals surface area contributed by atoms with Crippen molar-refractivity contribution in [2.24, 2.45) is 0 Å². The molecule has 1 aliphatic heterocycles. The molecule has 0 radical (unpaired) electrons. The predicted molar refractivity (Wildman–Crippen MR) is 121 cm³/mol. The summed E-state index contributed by atoms with van der Waals surface area (Å²) in [6.07, 6.45) is 2.03. The molecule has 0 aliphatic carbocycles. The third kappa shape index (κ3) is 4.13. The van der Waals surface area contributed by atoms with E-state index in [2.05, 4.69) is 31.2 Å². The molecule has 1 amide bonds. The number of amides is 1. The number of carboxylic acids is 1. The fourth-order valence-corrected chi connectivity index (χ4v) is 4.53. The van der Waals surface area contributed by atoms with Crippen LogP contribution in [-0.2, 0) is 0 Å². The molecule has 5 nitrogen and oxygen atoms in total. The van der Waals surface area contributed by atoms with Crippen LogP contribution in [-0.4, -0.2) is 39.5 Å². The van der Waals surface area contributed by atoms with Crippen molar-refractivity contribution in [2.45, 2.75) is 39.5 Å². The van der Waals surface area contributed by atoms with Gasteiger partial charge < -0.3 is 14.6 Å². The molecule has 3 aromatic rings.